The Bertz CT molecular complexity index is 3850. The van der Waals surface area contributed by atoms with Crippen LogP contribution >= 0.6 is 0 Å². The van der Waals surface area contributed by atoms with Gasteiger partial charge in [-0.3, -0.25) is 13.7 Å². The van der Waals surface area contributed by atoms with Crippen LogP contribution in [0.3, 0.4) is 0 Å². The van der Waals surface area contributed by atoms with Crippen LogP contribution in [-0.2, 0) is 39.3 Å². The van der Waals surface area contributed by atoms with Crippen LogP contribution < -0.4 is 34.1 Å². The zero-order chi connectivity index (χ0) is 58.0. The molecule has 2 aliphatic rings. The van der Waals surface area contributed by atoms with Gasteiger partial charge in [0.15, 0.2) is 0 Å². The number of rotatable bonds is 19. The van der Waals surface area contributed by atoms with Crippen molar-refractivity contribution in [3.05, 3.63) is 243 Å². The van der Waals surface area contributed by atoms with Crippen molar-refractivity contribution in [3.8, 4) is 0 Å². The fourth-order valence-corrected chi connectivity index (χ4v) is 12.1. The van der Waals surface area contributed by atoms with Crippen molar-refractivity contribution in [2.75, 3.05) is 59.9 Å². The predicted molar refractivity (Wildman–Crippen MR) is 326 cm³/mol. The second kappa shape index (κ2) is 28.6. The first-order valence-corrected chi connectivity index (χ1v) is 29.3. The Morgan fingerprint density at radius 1 is 0.390 bits per heavy atom. The van der Waals surface area contributed by atoms with Crippen molar-refractivity contribution in [2.24, 2.45) is 0 Å². The Morgan fingerprint density at radius 3 is 1.10 bits per heavy atom. The zero-order valence-corrected chi connectivity index (χ0v) is 48.3. The number of fused-ring (bicyclic) bond motifs is 3. The van der Waals surface area contributed by atoms with Gasteiger partial charge in [-0.2, -0.15) is 0 Å². The van der Waals surface area contributed by atoms with Gasteiger partial charge in [0.05, 0.1) is 92.6 Å². The van der Waals surface area contributed by atoms with Gasteiger partial charge in [0.1, 0.15) is 19.6 Å². The van der Waals surface area contributed by atoms with Crippen LogP contribution in [0.5, 0.6) is 0 Å². The fraction of sp³-hybridized carbons (Fsp3) is 0.373. The quantitative estimate of drug-likeness (QED) is 0.0568. The van der Waals surface area contributed by atoms with Crippen LogP contribution in [0.4, 0.5) is 0 Å². The topological polar surface area (TPSA) is 157 Å². The van der Waals surface area contributed by atoms with Gasteiger partial charge in [0.2, 0.25) is 0 Å². The molecular weight excluding hydrogens is 1030 g/mol. The maximum absolute atomic E-state index is 12.2. The molecule has 0 saturated carbocycles. The van der Waals surface area contributed by atoms with E-state index >= 15 is 0 Å². The molecule has 15 nitrogen and oxygen atoms in total. The van der Waals surface area contributed by atoms with E-state index in [1.54, 1.807) is 56.2 Å². The molecule has 2 fully saturated rings. The van der Waals surface area contributed by atoms with E-state index in [0.717, 1.165) is 78.4 Å². The number of nitrogens with zero attached hydrogens (tertiary/aromatic N) is 6. The summed E-state index contributed by atoms with van der Waals surface area (Å²) in [6.07, 6.45) is 8.74. The molecule has 15 heteroatoms. The van der Waals surface area contributed by atoms with E-state index in [-0.39, 0.29) is 0 Å². The minimum Gasteiger partial charge on any atom is -0.372 e. The van der Waals surface area contributed by atoms with E-state index in [4.69, 9.17) is 13.3 Å². The number of hydrogen-bond donors (Lipinski definition) is 0. The molecule has 2 aliphatic heterocycles. The molecular formula is C67H81N6O9+3. The summed E-state index contributed by atoms with van der Waals surface area (Å²) in [7, 11) is 4.36. The van der Waals surface area contributed by atoms with Crippen molar-refractivity contribution >= 4 is 32.7 Å². The van der Waals surface area contributed by atoms with Crippen molar-refractivity contribution in [2.45, 2.75) is 104 Å². The first-order valence-electron chi connectivity index (χ1n) is 29.3. The number of likely N-dealkylation sites (tertiary alicyclic amines) is 2. The molecule has 0 spiro atoms. The third-order valence-corrected chi connectivity index (χ3v) is 16.1. The number of aryl methyl sites for hydroxylation is 3. The Balaban J connectivity index is 0.000000159. The standard InChI is InChI=1S/C23H27N2O3.C22H25N2O3.C20H23N2O3.C2H6/c26-22-20-12-4-5-13-21(20)24(23(27)28-22)14-6-7-15-25(16-8-9-17-25)18-19-10-2-1-3-11-19;25-21-19-11-4-5-12-20(19)23(22(26)27-21)13-8-16-24(14-6-7-15-24)17-18-9-2-1-3-10-18;1-22(2,15-16-9-4-3-5-10-16)14-8-13-21-18-12-7-6-11-17(18)19(23)25-20(21)24;1-2/h1-5,10-13H,6-9,14-18H2;1-5,9-12H,6-8,13-17H2;3-7,9-12H,8,13-15H2,1-2H3;1-2H3/q3*+1;. The predicted octanol–water partition coefficient (Wildman–Crippen LogP) is 10.3. The minimum atomic E-state index is -0.586. The molecule has 0 bridgehead atoms. The summed E-state index contributed by atoms with van der Waals surface area (Å²) >= 11 is 0. The molecule has 0 unspecified atom stereocenters. The number of quaternary nitrogens is 3. The average Bonchev–Trinajstić information content (AvgIpc) is 4.27. The highest BCUT2D eigenvalue weighted by Gasteiger charge is 2.33. The number of unbranched alkanes of at least 4 members (excludes halogenated alkanes) is 1. The highest BCUT2D eigenvalue weighted by molar-refractivity contribution is 5.78. The van der Waals surface area contributed by atoms with Gasteiger partial charge in [-0.15, -0.1) is 0 Å². The molecule has 9 aromatic rings. The lowest BCUT2D eigenvalue weighted by molar-refractivity contribution is -0.930. The van der Waals surface area contributed by atoms with Gasteiger partial charge >= 0.3 is 34.1 Å². The van der Waals surface area contributed by atoms with Crippen LogP contribution in [0, 0.1) is 0 Å². The lowest BCUT2D eigenvalue weighted by Gasteiger charge is -2.34. The van der Waals surface area contributed by atoms with E-state index in [1.807, 2.05) is 62.4 Å². The summed E-state index contributed by atoms with van der Waals surface area (Å²) in [4.78, 5) is 72.1. The van der Waals surface area contributed by atoms with Crippen LogP contribution in [-0.4, -0.2) is 87.1 Å². The summed E-state index contributed by atoms with van der Waals surface area (Å²) in [5.74, 6) is -1.70. The van der Waals surface area contributed by atoms with Crippen LogP contribution in [0.1, 0.15) is 81.9 Å². The van der Waals surface area contributed by atoms with E-state index in [0.29, 0.717) is 52.3 Å². The summed E-state index contributed by atoms with van der Waals surface area (Å²) in [6, 6.07) is 53.2. The fourth-order valence-electron chi connectivity index (χ4n) is 12.1. The Hall–Kier alpha value is -7.98. The largest absolute Gasteiger partial charge is 0.422 e. The zero-order valence-electron chi connectivity index (χ0n) is 48.3. The molecule has 3 aromatic heterocycles. The van der Waals surface area contributed by atoms with E-state index in [1.165, 1.54) is 68.6 Å². The Kier molecular flexibility index (Phi) is 21.0. The molecule has 0 amide bonds. The van der Waals surface area contributed by atoms with E-state index in [9.17, 15) is 28.8 Å². The second-order valence-corrected chi connectivity index (χ2v) is 22.4. The molecule has 2 saturated heterocycles. The summed E-state index contributed by atoms with van der Waals surface area (Å²) in [6.45, 7) is 16.6. The second-order valence-electron chi connectivity index (χ2n) is 22.4. The van der Waals surface area contributed by atoms with Gasteiger partial charge in [-0.25, -0.2) is 28.8 Å². The number of benzene rings is 6. The third kappa shape index (κ3) is 15.7. The minimum absolute atomic E-state index is 0.445. The van der Waals surface area contributed by atoms with Crippen molar-refractivity contribution in [3.63, 3.8) is 0 Å². The number of para-hydroxylation sites is 3. The molecule has 5 heterocycles. The lowest BCUT2D eigenvalue weighted by atomic mass is 10.1. The smallest absolute Gasteiger partial charge is 0.372 e. The van der Waals surface area contributed by atoms with Gasteiger partial charge < -0.3 is 26.7 Å². The molecule has 82 heavy (non-hydrogen) atoms. The summed E-state index contributed by atoms with van der Waals surface area (Å²) in [5.41, 5.74) is 4.34. The van der Waals surface area contributed by atoms with E-state index < -0.39 is 34.1 Å². The summed E-state index contributed by atoms with van der Waals surface area (Å²) in [5, 5.41) is 1.38. The van der Waals surface area contributed by atoms with Crippen molar-refractivity contribution in [1.29, 1.82) is 0 Å². The monoisotopic (exact) mass is 1110 g/mol. The maximum Gasteiger partial charge on any atom is 0.422 e. The maximum atomic E-state index is 12.2. The molecule has 11 rings (SSSR count). The van der Waals surface area contributed by atoms with Crippen molar-refractivity contribution < 1.29 is 26.7 Å². The first-order chi connectivity index (χ1) is 39.8. The number of aromatic nitrogens is 3. The normalized spacial score (nSPS) is 14.3. The van der Waals surface area contributed by atoms with Crippen LogP contribution in [0.25, 0.3) is 32.7 Å². The first kappa shape index (κ1) is 60.1. The average molecular weight is 1110 g/mol. The van der Waals surface area contributed by atoms with Gasteiger partial charge in [0, 0.05) is 74.8 Å². The van der Waals surface area contributed by atoms with Gasteiger partial charge in [-0.05, 0) is 49.2 Å². The van der Waals surface area contributed by atoms with Crippen molar-refractivity contribution in [1.82, 2.24) is 13.7 Å². The molecule has 0 radical (unpaired) electrons. The Morgan fingerprint density at radius 2 is 0.707 bits per heavy atom. The lowest BCUT2D eigenvalue weighted by Crippen LogP contribution is -2.45. The molecule has 0 aliphatic carbocycles. The molecule has 430 valence electrons. The van der Waals surface area contributed by atoms with Gasteiger partial charge in [0.25, 0.3) is 0 Å². The molecule has 6 aromatic carbocycles. The van der Waals surface area contributed by atoms with Gasteiger partial charge in [-0.1, -0.05) is 141 Å². The van der Waals surface area contributed by atoms with Crippen LogP contribution in [0.2, 0.25) is 0 Å². The highest BCUT2D eigenvalue weighted by atomic mass is 16.5. The molecule has 0 atom stereocenters. The Labute approximate surface area is 478 Å². The molecule has 0 N–H and O–H groups in total. The SMILES string of the molecule is CC.C[N+](C)(CCCn1c(=O)oc(=O)c2ccccc21)Cc1ccccc1.O=c1oc(=O)n(CCCC[N+]2(Cc3ccccc3)CCCC2)c2ccccc12.O=c1oc(=O)n(CCC[N+]2(Cc3ccccc3)CCCC2)c2ccccc12. The summed E-state index contributed by atoms with van der Waals surface area (Å²) < 4.78 is 22.5. The number of hydrogen-bond acceptors (Lipinski definition) is 9. The highest BCUT2D eigenvalue weighted by Crippen LogP contribution is 2.26. The van der Waals surface area contributed by atoms with Crippen LogP contribution in [0.15, 0.2) is 206 Å². The van der Waals surface area contributed by atoms with E-state index in [2.05, 4.69) is 86.9 Å². The third-order valence-electron chi connectivity index (χ3n) is 16.1.